The second-order valence-corrected chi connectivity index (χ2v) is 7.10. The van der Waals surface area contributed by atoms with Gasteiger partial charge in [0.05, 0.1) is 6.54 Å². The number of benzene rings is 1. The van der Waals surface area contributed by atoms with E-state index < -0.39 is 0 Å². The van der Waals surface area contributed by atoms with E-state index in [2.05, 4.69) is 39.6 Å². The highest BCUT2D eigenvalue weighted by molar-refractivity contribution is 5.79. The van der Waals surface area contributed by atoms with Crippen molar-refractivity contribution in [2.24, 2.45) is 10.9 Å². The van der Waals surface area contributed by atoms with Gasteiger partial charge < -0.3 is 20.3 Å². The number of hydrogen-bond acceptors (Lipinski definition) is 3. The Labute approximate surface area is 151 Å². The zero-order valence-corrected chi connectivity index (χ0v) is 15.6. The third-order valence-electron chi connectivity index (χ3n) is 5.43. The molecular weight excluding hydrogens is 312 g/mol. The van der Waals surface area contributed by atoms with Crippen LogP contribution in [0.1, 0.15) is 31.7 Å². The molecule has 2 N–H and O–H groups in total. The van der Waals surface area contributed by atoms with Gasteiger partial charge in [-0.05, 0) is 56.4 Å². The maximum Gasteiger partial charge on any atom is 0.191 e. The van der Waals surface area contributed by atoms with Crippen LogP contribution in [0.2, 0.25) is 0 Å². The van der Waals surface area contributed by atoms with Crippen molar-refractivity contribution in [2.45, 2.75) is 38.7 Å². The van der Waals surface area contributed by atoms with Gasteiger partial charge in [-0.1, -0.05) is 25.1 Å². The molecule has 1 fully saturated rings. The second kappa shape index (κ2) is 9.09. The number of nitrogens with zero attached hydrogens (tertiary/aromatic N) is 2. The van der Waals surface area contributed by atoms with E-state index in [1.165, 1.54) is 44.5 Å². The summed E-state index contributed by atoms with van der Waals surface area (Å²) in [4.78, 5) is 6.88. The molecule has 2 aliphatic rings. The molecule has 0 amide bonds. The largest absolute Gasteiger partial charge is 0.488 e. The van der Waals surface area contributed by atoms with E-state index in [1.807, 2.05) is 19.2 Å². The highest BCUT2D eigenvalue weighted by Gasteiger charge is 2.22. The minimum Gasteiger partial charge on any atom is -0.488 e. The molecular formula is C20H32N4O. The molecule has 1 unspecified atom stereocenters. The van der Waals surface area contributed by atoms with Crippen LogP contribution in [0, 0.1) is 5.92 Å². The highest BCUT2D eigenvalue weighted by atomic mass is 16.5. The van der Waals surface area contributed by atoms with Crippen LogP contribution in [0.3, 0.4) is 0 Å². The van der Waals surface area contributed by atoms with Gasteiger partial charge in [0, 0.05) is 20.0 Å². The molecule has 0 saturated carbocycles. The summed E-state index contributed by atoms with van der Waals surface area (Å²) in [6, 6.07) is 8.29. The van der Waals surface area contributed by atoms with Crippen LogP contribution in [0.5, 0.6) is 5.75 Å². The molecule has 5 nitrogen and oxygen atoms in total. The van der Waals surface area contributed by atoms with Gasteiger partial charge in [0.25, 0.3) is 0 Å². The molecule has 1 saturated heterocycles. The van der Waals surface area contributed by atoms with Gasteiger partial charge in [-0.2, -0.15) is 0 Å². The van der Waals surface area contributed by atoms with E-state index in [1.54, 1.807) is 0 Å². The zero-order chi connectivity index (χ0) is 17.5. The SMILES string of the molecule is CCN1CCC(CCNC(=NC)NCC2Cc3ccccc3O2)CC1. The molecule has 5 heteroatoms. The minimum absolute atomic E-state index is 0.189. The third kappa shape index (κ3) is 5.11. The number of nitrogens with one attached hydrogen (secondary N) is 2. The molecule has 3 rings (SSSR count). The molecule has 0 aliphatic carbocycles. The number of fused-ring (bicyclic) bond motifs is 1. The minimum atomic E-state index is 0.189. The predicted octanol–water partition coefficient (Wildman–Crippen LogP) is 2.28. The van der Waals surface area contributed by atoms with E-state index >= 15 is 0 Å². The maximum atomic E-state index is 5.97. The fourth-order valence-electron chi connectivity index (χ4n) is 3.78. The molecule has 25 heavy (non-hydrogen) atoms. The van der Waals surface area contributed by atoms with Crippen LogP contribution >= 0.6 is 0 Å². The Bertz CT molecular complexity index is 542. The van der Waals surface area contributed by atoms with Gasteiger partial charge in [0.1, 0.15) is 11.9 Å². The van der Waals surface area contributed by atoms with Gasteiger partial charge in [-0.15, -0.1) is 0 Å². The Hall–Kier alpha value is -1.75. The summed E-state index contributed by atoms with van der Waals surface area (Å²) in [7, 11) is 1.83. The summed E-state index contributed by atoms with van der Waals surface area (Å²) in [5.41, 5.74) is 1.30. The number of para-hydroxylation sites is 1. The first-order chi connectivity index (χ1) is 12.3. The van der Waals surface area contributed by atoms with Crippen LogP contribution in [0.25, 0.3) is 0 Å². The molecule has 2 heterocycles. The smallest absolute Gasteiger partial charge is 0.191 e. The lowest BCUT2D eigenvalue weighted by Gasteiger charge is -2.31. The van der Waals surface area contributed by atoms with Crippen LogP contribution in [-0.2, 0) is 6.42 Å². The van der Waals surface area contributed by atoms with Gasteiger partial charge in [-0.3, -0.25) is 4.99 Å². The summed E-state index contributed by atoms with van der Waals surface area (Å²) in [5, 5.41) is 6.86. The van der Waals surface area contributed by atoms with Crippen molar-refractivity contribution in [3.8, 4) is 5.75 Å². The van der Waals surface area contributed by atoms with Gasteiger partial charge in [0.15, 0.2) is 5.96 Å². The van der Waals surface area contributed by atoms with Crippen LogP contribution in [0.15, 0.2) is 29.3 Å². The molecule has 1 aromatic carbocycles. The first kappa shape index (κ1) is 18.1. The second-order valence-electron chi connectivity index (χ2n) is 7.10. The number of hydrogen-bond donors (Lipinski definition) is 2. The van der Waals surface area contributed by atoms with Crippen molar-refractivity contribution < 1.29 is 4.74 Å². The van der Waals surface area contributed by atoms with E-state index in [-0.39, 0.29) is 6.10 Å². The normalized spacial score (nSPS) is 21.7. The maximum absolute atomic E-state index is 5.97. The highest BCUT2D eigenvalue weighted by Crippen LogP contribution is 2.27. The molecule has 138 valence electrons. The van der Waals surface area contributed by atoms with Crippen molar-refractivity contribution in [3.05, 3.63) is 29.8 Å². The average Bonchev–Trinajstić information content (AvgIpc) is 3.08. The summed E-state index contributed by atoms with van der Waals surface area (Å²) in [5.74, 6) is 2.75. The Balaban J connectivity index is 1.33. The average molecular weight is 345 g/mol. The summed E-state index contributed by atoms with van der Waals surface area (Å²) in [6.45, 7) is 7.73. The summed E-state index contributed by atoms with van der Waals surface area (Å²) in [6.07, 6.45) is 5.04. The topological polar surface area (TPSA) is 48.9 Å². The number of rotatable bonds is 6. The zero-order valence-electron chi connectivity index (χ0n) is 15.6. The molecule has 0 bridgehead atoms. The number of ether oxygens (including phenoxy) is 1. The molecule has 0 spiro atoms. The molecule has 1 atom stereocenters. The quantitative estimate of drug-likeness (QED) is 0.614. The van der Waals surface area contributed by atoms with E-state index in [0.29, 0.717) is 0 Å². The Kier molecular flexibility index (Phi) is 6.56. The monoisotopic (exact) mass is 344 g/mol. The van der Waals surface area contributed by atoms with E-state index in [9.17, 15) is 0 Å². The van der Waals surface area contributed by atoms with Gasteiger partial charge in [-0.25, -0.2) is 0 Å². The van der Waals surface area contributed by atoms with E-state index in [0.717, 1.165) is 37.1 Å². The molecule has 2 aliphatic heterocycles. The van der Waals surface area contributed by atoms with Crippen LogP contribution in [-0.4, -0.2) is 56.7 Å². The number of likely N-dealkylation sites (tertiary alicyclic amines) is 1. The number of guanidine groups is 1. The van der Waals surface area contributed by atoms with Crippen molar-refractivity contribution in [3.63, 3.8) is 0 Å². The van der Waals surface area contributed by atoms with Crippen LogP contribution in [0.4, 0.5) is 0 Å². The fraction of sp³-hybridized carbons (Fsp3) is 0.650. The summed E-state index contributed by atoms with van der Waals surface area (Å²) < 4.78 is 5.97. The first-order valence-corrected chi connectivity index (χ1v) is 9.70. The van der Waals surface area contributed by atoms with Gasteiger partial charge >= 0.3 is 0 Å². The number of aliphatic imine (C=N–C) groups is 1. The Morgan fingerprint density at radius 1 is 1.24 bits per heavy atom. The Morgan fingerprint density at radius 3 is 2.76 bits per heavy atom. The fourth-order valence-corrected chi connectivity index (χ4v) is 3.78. The lowest BCUT2D eigenvalue weighted by Crippen LogP contribution is -2.43. The summed E-state index contributed by atoms with van der Waals surface area (Å²) >= 11 is 0. The first-order valence-electron chi connectivity index (χ1n) is 9.70. The molecule has 0 aromatic heterocycles. The van der Waals surface area contributed by atoms with Crippen molar-refractivity contribution >= 4 is 5.96 Å². The Morgan fingerprint density at radius 2 is 2.04 bits per heavy atom. The van der Waals surface area contributed by atoms with E-state index in [4.69, 9.17) is 4.74 Å². The van der Waals surface area contributed by atoms with Crippen molar-refractivity contribution in [1.82, 2.24) is 15.5 Å². The van der Waals surface area contributed by atoms with Crippen LogP contribution < -0.4 is 15.4 Å². The predicted molar refractivity (Wildman–Crippen MR) is 103 cm³/mol. The lowest BCUT2D eigenvalue weighted by molar-refractivity contribution is 0.187. The number of piperidine rings is 1. The molecule has 1 aromatic rings. The lowest BCUT2D eigenvalue weighted by atomic mass is 9.93. The van der Waals surface area contributed by atoms with Crippen molar-refractivity contribution in [2.75, 3.05) is 39.8 Å². The molecule has 0 radical (unpaired) electrons. The van der Waals surface area contributed by atoms with Gasteiger partial charge in [0.2, 0.25) is 0 Å². The third-order valence-corrected chi connectivity index (χ3v) is 5.43. The standard InChI is InChI=1S/C20H32N4O/c1-3-24-12-9-16(10-13-24)8-11-22-20(21-2)23-15-18-14-17-6-4-5-7-19(17)25-18/h4-7,16,18H,3,8-15H2,1-2H3,(H2,21,22,23). The van der Waals surface area contributed by atoms with Crippen molar-refractivity contribution in [1.29, 1.82) is 0 Å².